The molecule has 1 aromatic carbocycles. The van der Waals surface area contributed by atoms with Crippen LogP contribution in [-0.4, -0.2) is 49.8 Å². The Labute approximate surface area is 108 Å². The Morgan fingerprint density at radius 1 is 1.00 bits per heavy atom. The molecule has 0 spiro atoms. The Balaban J connectivity index is 0.000000342. The number of carboxylic acid groups (broad SMARTS) is 2. The van der Waals surface area contributed by atoms with Gasteiger partial charge in [-0.25, -0.2) is 15.1 Å². The molecular weight excluding hydrogens is 258 g/mol. The van der Waals surface area contributed by atoms with Gasteiger partial charge >= 0.3 is 11.9 Å². The van der Waals surface area contributed by atoms with E-state index in [0.29, 0.717) is 6.54 Å². The van der Waals surface area contributed by atoms with Crippen molar-refractivity contribution < 1.29 is 35.2 Å². The summed E-state index contributed by atoms with van der Waals surface area (Å²) in [5.41, 5.74) is 3.17. The number of hydroxylamine groups is 1. The number of carboxylic acids is 2. The van der Waals surface area contributed by atoms with Crippen molar-refractivity contribution in [3.05, 3.63) is 35.9 Å². The van der Waals surface area contributed by atoms with E-state index < -0.39 is 24.1 Å². The van der Waals surface area contributed by atoms with Crippen LogP contribution in [0, 0.1) is 0 Å². The molecule has 0 aliphatic heterocycles. The number of hydrogen-bond acceptors (Lipinski definition) is 6. The van der Waals surface area contributed by atoms with Gasteiger partial charge in [-0.15, -0.1) is 0 Å². The average molecular weight is 273 g/mol. The first kappa shape index (κ1) is 17.0. The molecule has 0 bridgehead atoms. The molecule has 1 rings (SSSR count). The van der Waals surface area contributed by atoms with Gasteiger partial charge in [0.05, 0.1) is 0 Å². The summed E-state index contributed by atoms with van der Waals surface area (Å²) in [7, 11) is 0. The molecule has 0 radical (unpaired) electrons. The fourth-order valence-electron chi connectivity index (χ4n) is 0.957. The van der Waals surface area contributed by atoms with Crippen molar-refractivity contribution in [1.82, 2.24) is 5.48 Å². The fraction of sp³-hybridized carbons (Fsp3) is 0.273. The van der Waals surface area contributed by atoms with Crippen molar-refractivity contribution in [3.8, 4) is 0 Å². The van der Waals surface area contributed by atoms with Gasteiger partial charge < -0.3 is 25.6 Å². The molecule has 106 valence electrons. The van der Waals surface area contributed by atoms with Gasteiger partial charge in [0.1, 0.15) is 0 Å². The molecule has 2 atom stereocenters. The van der Waals surface area contributed by atoms with Crippen LogP contribution in [0.15, 0.2) is 30.3 Å². The molecule has 0 aromatic heterocycles. The second kappa shape index (κ2) is 9.00. The standard InChI is InChI=1S/C7H9NO.C4H6O6/c9-8-6-7-4-2-1-3-5-7;5-1(3(7)8)2(6)4(9)10/h1-5,8-9H,6H2;1-2,5-6H,(H,7,8)(H,9,10). The zero-order valence-electron chi connectivity index (χ0n) is 9.80. The average Bonchev–Trinajstić information content (AvgIpc) is 2.39. The minimum atomic E-state index is -2.27. The Hall–Kier alpha value is -2.00. The Kier molecular flexibility index (Phi) is 8.05. The fourth-order valence-corrected chi connectivity index (χ4v) is 0.957. The van der Waals surface area contributed by atoms with E-state index >= 15 is 0 Å². The van der Waals surface area contributed by atoms with Crippen LogP contribution in [0.25, 0.3) is 0 Å². The number of hydrogen-bond donors (Lipinski definition) is 6. The van der Waals surface area contributed by atoms with Crippen molar-refractivity contribution in [2.75, 3.05) is 0 Å². The number of benzene rings is 1. The predicted molar refractivity (Wildman–Crippen MR) is 62.4 cm³/mol. The molecule has 6 N–H and O–H groups in total. The van der Waals surface area contributed by atoms with Gasteiger partial charge in [0.25, 0.3) is 0 Å². The third kappa shape index (κ3) is 7.11. The number of carbonyl (C=O) groups is 2. The largest absolute Gasteiger partial charge is 0.479 e. The van der Waals surface area contributed by atoms with Crippen LogP contribution in [-0.2, 0) is 16.1 Å². The Morgan fingerprint density at radius 2 is 1.42 bits per heavy atom. The van der Waals surface area contributed by atoms with E-state index in [2.05, 4.69) is 5.48 Å². The second-order valence-electron chi connectivity index (χ2n) is 3.39. The molecule has 0 saturated heterocycles. The van der Waals surface area contributed by atoms with E-state index in [0.717, 1.165) is 5.56 Å². The first-order valence-electron chi connectivity index (χ1n) is 5.12. The lowest BCUT2D eigenvalue weighted by Gasteiger charge is -2.07. The molecule has 0 saturated carbocycles. The maximum Gasteiger partial charge on any atom is 0.335 e. The lowest BCUT2D eigenvalue weighted by Crippen LogP contribution is -2.39. The highest BCUT2D eigenvalue weighted by Crippen LogP contribution is 1.95. The summed E-state index contributed by atoms with van der Waals surface area (Å²) >= 11 is 0. The molecule has 8 nitrogen and oxygen atoms in total. The number of aliphatic carboxylic acids is 2. The minimum absolute atomic E-state index is 0.515. The van der Waals surface area contributed by atoms with E-state index in [1.807, 2.05) is 30.3 Å². The Bertz CT molecular complexity index is 377. The van der Waals surface area contributed by atoms with E-state index in [1.54, 1.807) is 0 Å². The maximum absolute atomic E-state index is 9.77. The molecule has 1 aromatic rings. The monoisotopic (exact) mass is 273 g/mol. The quantitative estimate of drug-likeness (QED) is 0.376. The molecular formula is C11H15NO7. The van der Waals surface area contributed by atoms with Crippen molar-refractivity contribution in [1.29, 1.82) is 0 Å². The summed E-state index contributed by atoms with van der Waals surface area (Å²) in [6, 6.07) is 9.71. The molecule has 8 heteroatoms. The van der Waals surface area contributed by atoms with Gasteiger partial charge in [-0.05, 0) is 5.56 Å². The smallest absolute Gasteiger partial charge is 0.335 e. The summed E-state index contributed by atoms with van der Waals surface area (Å²) in [4.78, 5) is 19.5. The number of nitrogens with one attached hydrogen (secondary N) is 1. The number of rotatable bonds is 5. The Morgan fingerprint density at radius 3 is 1.74 bits per heavy atom. The lowest BCUT2D eigenvalue weighted by atomic mass is 10.2. The van der Waals surface area contributed by atoms with E-state index in [9.17, 15) is 9.59 Å². The van der Waals surface area contributed by atoms with Crippen LogP contribution in [0.4, 0.5) is 0 Å². The van der Waals surface area contributed by atoms with Crippen LogP contribution in [0.1, 0.15) is 5.56 Å². The third-order valence-corrected chi connectivity index (χ3v) is 1.93. The van der Waals surface area contributed by atoms with Gasteiger partial charge in [-0.2, -0.15) is 0 Å². The van der Waals surface area contributed by atoms with E-state index in [4.69, 9.17) is 25.6 Å². The summed E-state index contributed by atoms with van der Waals surface area (Å²) in [6.45, 7) is 0.515. The molecule has 0 fully saturated rings. The van der Waals surface area contributed by atoms with Gasteiger partial charge in [-0.3, -0.25) is 0 Å². The normalized spacial score (nSPS) is 12.8. The van der Waals surface area contributed by atoms with Crippen molar-refractivity contribution in [2.45, 2.75) is 18.8 Å². The van der Waals surface area contributed by atoms with Gasteiger partial charge in [-0.1, -0.05) is 30.3 Å². The van der Waals surface area contributed by atoms with Crippen LogP contribution >= 0.6 is 0 Å². The van der Waals surface area contributed by atoms with E-state index in [1.165, 1.54) is 0 Å². The SMILES string of the molecule is O=C(O)C(O)C(O)C(=O)O.ONCc1ccccc1. The molecule has 0 aliphatic rings. The summed E-state index contributed by atoms with van der Waals surface area (Å²) < 4.78 is 0. The van der Waals surface area contributed by atoms with Gasteiger partial charge in [0, 0.05) is 6.54 Å². The molecule has 0 amide bonds. The zero-order valence-corrected chi connectivity index (χ0v) is 9.80. The molecule has 0 heterocycles. The zero-order chi connectivity index (χ0) is 14.8. The molecule has 0 aliphatic carbocycles. The topological polar surface area (TPSA) is 147 Å². The van der Waals surface area contributed by atoms with Gasteiger partial charge in [0.15, 0.2) is 12.2 Å². The molecule has 2 unspecified atom stereocenters. The van der Waals surface area contributed by atoms with Crippen LogP contribution in [0.2, 0.25) is 0 Å². The summed E-state index contributed by atoms with van der Waals surface area (Å²) in [5.74, 6) is -3.54. The molecule has 19 heavy (non-hydrogen) atoms. The number of aliphatic hydroxyl groups is 2. The van der Waals surface area contributed by atoms with E-state index in [-0.39, 0.29) is 0 Å². The first-order chi connectivity index (χ1) is 8.90. The maximum atomic E-state index is 9.77. The predicted octanol–water partition coefficient (Wildman–Crippen LogP) is -0.957. The minimum Gasteiger partial charge on any atom is -0.479 e. The van der Waals surface area contributed by atoms with Gasteiger partial charge in [0.2, 0.25) is 0 Å². The lowest BCUT2D eigenvalue weighted by molar-refractivity contribution is -0.165. The van der Waals surface area contributed by atoms with Crippen LogP contribution < -0.4 is 5.48 Å². The summed E-state index contributed by atoms with van der Waals surface area (Å²) in [6.07, 6.45) is -4.53. The summed E-state index contributed by atoms with van der Waals surface area (Å²) in [5, 5.41) is 40.8. The van der Waals surface area contributed by atoms with Crippen molar-refractivity contribution in [3.63, 3.8) is 0 Å². The highest BCUT2D eigenvalue weighted by molar-refractivity contribution is 5.83. The first-order valence-corrected chi connectivity index (χ1v) is 5.12. The second-order valence-corrected chi connectivity index (χ2v) is 3.39. The third-order valence-electron chi connectivity index (χ3n) is 1.93. The number of aliphatic hydroxyl groups excluding tert-OH is 2. The van der Waals surface area contributed by atoms with Crippen molar-refractivity contribution >= 4 is 11.9 Å². The highest BCUT2D eigenvalue weighted by atomic mass is 16.5. The van der Waals surface area contributed by atoms with Crippen LogP contribution in [0.3, 0.4) is 0 Å². The van der Waals surface area contributed by atoms with Crippen molar-refractivity contribution in [2.24, 2.45) is 0 Å². The highest BCUT2D eigenvalue weighted by Gasteiger charge is 2.29. The van der Waals surface area contributed by atoms with Crippen LogP contribution in [0.5, 0.6) is 0 Å².